The lowest BCUT2D eigenvalue weighted by Gasteiger charge is -2.18. The van der Waals surface area contributed by atoms with E-state index in [0.29, 0.717) is 11.0 Å². The molecule has 1 aromatic heterocycles. The molecular formula is C11H12BrN3O2. The molecule has 5 nitrogen and oxygen atoms in total. The Labute approximate surface area is 107 Å². The monoisotopic (exact) mass is 297 g/mol. The second-order valence-electron chi connectivity index (χ2n) is 4.61. The smallest absolute Gasteiger partial charge is 0.437 e. The van der Waals surface area contributed by atoms with E-state index in [0.717, 1.165) is 9.15 Å². The maximum atomic E-state index is 11.8. The molecule has 0 radical (unpaired) electrons. The molecular weight excluding hydrogens is 286 g/mol. The lowest BCUT2D eigenvalue weighted by molar-refractivity contribution is 0.0519. The number of ether oxygens (including phenoxy) is 1. The van der Waals surface area contributed by atoms with Crippen LogP contribution in [0, 0.1) is 0 Å². The van der Waals surface area contributed by atoms with Gasteiger partial charge in [-0.05, 0) is 39.0 Å². The van der Waals surface area contributed by atoms with Crippen molar-refractivity contribution in [3.05, 3.63) is 22.7 Å². The van der Waals surface area contributed by atoms with Crippen molar-refractivity contribution >= 4 is 33.1 Å². The summed E-state index contributed by atoms with van der Waals surface area (Å²) in [6, 6.07) is 5.39. The molecule has 0 fully saturated rings. The third kappa shape index (κ3) is 2.63. The Morgan fingerprint density at radius 2 is 2.12 bits per heavy atom. The Kier molecular flexibility index (Phi) is 2.91. The molecule has 0 atom stereocenters. The van der Waals surface area contributed by atoms with Crippen molar-refractivity contribution in [3.8, 4) is 0 Å². The SMILES string of the molecule is CC(C)(C)OC(=O)n1nnc2cc(Br)ccc21. The van der Waals surface area contributed by atoms with Crippen molar-refractivity contribution in [2.75, 3.05) is 0 Å². The zero-order chi connectivity index (χ0) is 12.6. The molecule has 0 bridgehead atoms. The van der Waals surface area contributed by atoms with Crippen molar-refractivity contribution in [2.24, 2.45) is 0 Å². The summed E-state index contributed by atoms with van der Waals surface area (Å²) in [5.41, 5.74) is 0.720. The number of carbonyl (C=O) groups is 1. The summed E-state index contributed by atoms with van der Waals surface area (Å²) in [4.78, 5) is 11.8. The molecule has 0 spiro atoms. The van der Waals surface area contributed by atoms with Gasteiger partial charge in [0.15, 0.2) is 0 Å². The van der Waals surface area contributed by atoms with Gasteiger partial charge in [0, 0.05) is 4.47 Å². The van der Waals surface area contributed by atoms with Gasteiger partial charge in [0.1, 0.15) is 16.6 Å². The van der Waals surface area contributed by atoms with Crippen LogP contribution in [0.15, 0.2) is 22.7 Å². The van der Waals surface area contributed by atoms with E-state index in [1.165, 1.54) is 0 Å². The van der Waals surface area contributed by atoms with Gasteiger partial charge in [0.2, 0.25) is 0 Å². The van der Waals surface area contributed by atoms with E-state index in [1.54, 1.807) is 32.9 Å². The third-order valence-corrected chi connectivity index (χ3v) is 2.47. The first-order valence-electron chi connectivity index (χ1n) is 5.11. The first kappa shape index (κ1) is 12.0. The molecule has 0 aliphatic heterocycles. The molecule has 2 rings (SSSR count). The number of benzene rings is 1. The van der Waals surface area contributed by atoms with Crippen LogP contribution < -0.4 is 0 Å². The molecule has 0 N–H and O–H groups in total. The topological polar surface area (TPSA) is 57.0 Å². The molecule has 0 unspecified atom stereocenters. The highest BCUT2D eigenvalue weighted by atomic mass is 79.9. The lowest BCUT2D eigenvalue weighted by atomic mass is 10.2. The molecule has 90 valence electrons. The molecule has 1 aromatic carbocycles. The second kappa shape index (κ2) is 4.10. The van der Waals surface area contributed by atoms with Crippen LogP contribution in [-0.2, 0) is 4.74 Å². The maximum Gasteiger partial charge on any atom is 0.437 e. The average Bonchev–Trinajstić information content (AvgIpc) is 2.57. The van der Waals surface area contributed by atoms with Crippen LogP contribution in [0.4, 0.5) is 4.79 Å². The highest BCUT2D eigenvalue weighted by Gasteiger charge is 2.20. The molecule has 0 aliphatic carbocycles. The molecule has 0 saturated carbocycles. The van der Waals surface area contributed by atoms with E-state index >= 15 is 0 Å². The van der Waals surface area contributed by atoms with Gasteiger partial charge in [-0.3, -0.25) is 0 Å². The summed E-state index contributed by atoms with van der Waals surface area (Å²) in [7, 11) is 0. The van der Waals surface area contributed by atoms with Gasteiger partial charge in [-0.1, -0.05) is 21.1 Å². The standard InChI is InChI=1S/C11H12BrN3O2/c1-11(2,3)17-10(16)15-9-5-4-7(12)6-8(9)13-14-15/h4-6H,1-3H3. The molecule has 0 aliphatic rings. The third-order valence-electron chi connectivity index (χ3n) is 1.97. The van der Waals surface area contributed by atoms with E-state index in [9.17, 15) is 4.79 Å². The highest BCUT2D eigenvalue weighted by molar-refractivity contribution is 9.10. The Bertz CT molecular complexity index is 572. The molecule has 6 heteroatoms. The lowest BCUT2D eigenvalue weighted by Crippen LogP contribution is -2.27. The molecule has 0 saturated heterocycles. The summed E-state index contributed by atoms with van der Waals surface area (Å²) in [6.07, 6.45) is -0.526. The molecule has 0 amide bonds. The highest BCUT2D eigenvalue weighted by Crippen LogP contribution is 2.18. The van der Waals surface area contributed by atoms with Crippen molar-refractivity contribution in [3.63, 3.8) is 0 Å². The Hall–Kier alpha value is -1.43. The van der Waals surface area contributed by atoms with Gasteiger partial charge in [-0.2, -0.15) is 0 Å². The van der Waals surface area contributed by atoms with Crippen LogP contribution in [-0.4, -0.2) is 26.7 Å². The zero-order valence-corrected chi connectivity index (χ0v) is 11.4. The summed E-state index contributed by atoms with van der Waals surface area (Å²) < 4.78 is 7.28. The first-order valence-corrected chi connectivity index (χ1v) is 5.90. The number of halogens is 1. The van der Waals surface area contributed by atoms with E-state index in [1.807, 2.05) is 6.07 Å². The van der Waals surface area contributed by atoms with E-state index in [4.69, 9.17) is 4.74 Å². The fourth-order valence-corrected chi connectivity index (χ4v) is 1.69. The van der Waals surface area contributed by atoms with Crippen LogP contribution in [0.25, 0.3) is 11.0 Å². The number of aromatic nitrogens is 3. The van der Waals surface area contributed by atoms with Crippen LogP contribution in [0.2, 0.25) is 0 Å². The van der Waals surface area contributed by atoms with E-state index in [-0.39, 0.29) is 0 Å². The number of carbonyl (C=O) groups excluding carboxylic acids is 1. The Morgan fingerprint density at radius 3 is 2.76 bits per heavy atom. The predicted molar refractivity (Wildman–Crippen MR) is 66.9 cm³/mol. The van der Waals surface area contributed by atoms with Crippen LogP contribution in [0.1, 0.15) is 20.8 Å². The fourth-order valence-electron chi connectivity index (χ4n) is 1.34. The summed E-state index contributed by atoms with van der Waals surface area (Å²) in [5, 5.41) is 7.70. The zero-order valence-electron chi connectivity index (χ0n) is 9.77. The summed E-state index contributed by atoms with van der Waals surface area (Å²) in [5.74, 6) is 0. The summed E-state index contributed by atoms with van der Waals surface area (Å²) >= 11 is 3.33. The van der Waals surface area contributed by atoms with Gasteiger partial charge < -0.3 is 4.74 Å². The predicted octanol–water partition coefficient (Wildman–Crippen LogP) is 2.98. The minimum absolute atomic E-state index is 0.526. The second-order valence-corrected chi connectivity index (χ2v) is 5.53. The maximum absolute atomic E-state index is 11.8. The average molecular weight is 298 g/mol. The number of hydrogen-bond acceptors (Lipinski definition) is 4. The minimum atomic E-state index is -0.551. The first-order chi connectivity index (χ1) is 7.87. The van der Waals surface area contributed by atoms with Gasteiger partial charge in [0.25, 0.3) is 0 Å². The van der Waals surface area contributed by atoms with Crippen molar-refractivity contribution in [1.29, 1.82) is 0 Å². The number of nitrogens with zero attached hydrogens (tertiary/aromatic N) is 3. The number of rotatable bonds is 0. The van der Waals surface area contributed by atoms with Crippen molar-refractivity contribution in [1.82, 2.24) is 15.0 Å². The molecule has 17 heavy (non-hydrogen) atoms. The largest absolute Gasteiger partial charge is 0.442 e. The Balaban J connectivity index is 2.40. The molecule has 2 aromatic rings. The molecule has 1 heterocycles. The normalized spacial score (nSPS) is 11.8. The van der Waals surface area contributed by atoms with Gasteiger partial charge in [-0.15, -0.1) is 9.78 Å². The van der Waals surface area contributed by atoms with Crippen molar-refractivity contribution < 1.29 is 9.53 Å². The van der Waals surface area contributed by atoms with Crippen LogP contribution in [0.5, 0.6) is 0 Å². The number of hydrogen-bond donors (Lipinski definition) is 0. The van der Waals surface area contributed by atoms with E-state index in [2.05, 4.69) is 26.2 Å². The van der Waals surface area contributed by atoms with Gasteiger partial charge >= 0.3 is 6.09 Å². The summed E-state index contributed by atoms with van der Waals surface area (Å²) in [6.45, 7) is 5.42. The van der Waals surface area contributed by atoms with Crippen LogP contribution >= 0.6 is 15.9 Å². The Morgan fingerprint density at radius 1 is 1.41 bits per heavy atom. The fraction of sp³-hybridized carbons (Fsp3) is 0.364. The minimum Gasteiger partial charge on any atom is -0.442 e. The van der Waals surface area contributed by atoms with Crippen molar-refractivity contribution in [2.45, 2.75) is 26.4 Å². The number of fused-ring (bicyclic) bond motifs is 1. The quantitative estimate of drug-likeness (QED) is 0.750. The van der Waals surface area contributed by atoms with E-state index < -0.39 is 11.7 Å². The van der Waals surface area contributed by atoms with Gasteiger partial charge in [0.05, 0.1) is 0 Å². The van der Waals surface area contributed by atoms with Gasteiger partial charge in [-0.25, -0.2) is 4.79 Å². The van der Waals surface area contributed by atoms with Crippen LogP contribution in [0.3, 0.4) is 0 Å².